The van der Waals surface area contributed by atoms with E-state index < -0.39 is 5.82 Å². The Morgan fingerprint density at radius 3 is 2.48 bits per heavy atom. The molecular formula is C25H28FN5O2. The van der Waals surface area contributed by atoms with Gasteiger partial charge in [-0.3, -0.25) is 4.98 Å². The number of rotatable bonds is 7. The minimum absolute atomic E-state index is 0.383. The minimum atomic E-state index is -0.424. The number of anilines is 1. The van der Waals surface area contributed by atoms with Crippen molar-refractivity contribution in [2.75, 3.05) is 31.6 Å². The third kappa shape index (κ3) is 5.83. The number of benzene rings is 1. The average molecular weight is 450 g/mol. The van der Waals surface area contributed by atoms with Gasteiger partial charge in [-0.2, -0.15) is 0 Å². The Hall–Kier alpha value is -3.55. The number of hydroxylamine groups is 1. The fourth-order valence-corrected chi connectivity index (χ4v) is 3.86. The van der Waals surface area contributed by atoms with Crippen molar-refractivity contribution < 1.29 is 13.9 Å². The molecule has 0 atom stereocenters. The summed E-state index contributed by atoms with van der Waals surface area (Å²) in [5, 5.41) is 11.1. The fraction of sp³-hybridized carbons (Fsp3) is 0.360. The number of piperidine rings is 1. The monoisotopic (exact) mass is 449 g/mol. The Labute approximate surface area is 193 Å². The van der Waals surface area contributed by atoms with Crippen LogP contribution in [-0.4, -0.2) is 52.6 Å². The topological polar surface area (TPSA) is 77.2 Å². The molecule has 0 amide bonds. The molecule has 0 unspecified atom stereocenters. The van der Waals surface area contributed by atoms with Crippen molar-refractivity contribution in [1.82, 2.24) is 15.0 Å². The first-order valence-electron chi connectivity index (χ1n) is 11.2. The molecule has 1 aliphatic heterocycles. The van der Waals surface area contributed by atoms with Crippen LogP contribution in [0.25, 0.3) is 11.3 Å². The van der Waals surface area contributed by atoms with Gasteiger partial charge in [-0.25, -0.2) is 19.1 Å². The molecule has 1 saturated heterocycles. The number of halogens is 1. The maximum Gasteiger partial charge on any atom is 0.225 e. The van der Waals surface area contributed by atoms with Crippen molar-refractivity contribution in [3.05, 3.63) is 71.1 Å². The van der Waals surface area contributed by atoms with E-state index in [2.05, 4.69) is 26.8 Å². The number of aromatic nitrogens is 3. The summed E-state index contributed by atoms with van der Waals surface area (Å²) < 4.78 is 21.0. The molecule has 3 aromatic rings. The minimum Gasteiger partial charge on any atom is -0.624 e. The van der Waals surface area contributed by atoms with Crippen LogP contribution < -0.4 is 9.64 Å². The van der Waals surface area contributed by atoms with Gasteiger partial charge in [0.15, 0.2) is 6.21 Å². The molecule has 1 fully saturated rings. The molecule has 0 aliphatic carbocycles. The van der Waals surface area contributed by atoms with Crippen LogP contribution >= 0.6 is 0 Å². The molecule has 3 heterocycles. The highest BCUT2D eigenvalue weighted by atomic mass is 19.1. The molecule has 7 nitrogen and oxygen atoms in total. The highest BCUT2D eigenvalue weighted by Crippen LogP contribution is 2.25. The second-order valence-electron chi connectivity index (χ2n) is 8.28. The molecule has 0 saturated carbocycles. The highest BCUT2D eigenvalue weighted by molar-refractivity contribution is 5.77. The van der Waals surface area contributed by atoms with Crippen LogP contribution in [0.5, 0.6) is 5.75 Å². The fourth-order valence-electron chi connectivity index (χ4n) is 3.86. The van der Waals surface area contributed by atoms with E-state index in [-0.39, 0.29) is 0 Å². The summed E-state index contributed by atoms with van der Waals surface area (Å²) in [7, 11) is 1.36. The molecule has 0 N–H and O–H groups in total. The van der Waals surface area contributed by atoms with E-state index in [0.29, 0.717) is 39.8 Å². The van der Waals surface area contributed by atoms with Crippen LogP contribution in [0.2, 0.25) is 0 Å². The second kappa shape index (κ2) is 10.4. The van der Waals surface area contributed by atoms with Crippen molar-refractivity contribution >= 4 is 12.2 Å². The maximum atomic E-state index is 14.4. The van der Waals surface area contributed by atoms with Gasteiger partial charge in [-0.1, -0.05) is 6.92 Å². The first kappa shape index (κ1) is 22.6. The zero-order valence-electron chi connectivity index (χ0n) is 18.9. The molecule has 0 radical (unpaired) electrons. The highest BCUT2D eigenvalue weighted by Gasteiger charge is 2.21. The van der Waals surface area contributed by atoms with Crippen molar-refractivity contribution in [3.8, 4) is 17.0 Å². The first-order chi connectivity index (χ1) is 16.0. The predicted octanol–water partition coefficient (Wildman–Crippen LogP) is 4.09. The van der Waals surface area contributed by atoms with Gasteiger partial charge in [-0.15, -0.1) is 0 Å². The van der Waals surface area contributed by atoms with E-state index in [9.17, 15) is 9.60 Å². The summed E-state index contributed by atoms with van der Waals surface area (Å²) in [6.07, 6.45) is 9.70. The molecule has 172 valence electrons. The van der Waals surface area contributed by atoms with E-state index >= 15 is 0 Å². The lowest BCUT2D eigenvalue weighted by molar-refractivity contribution is -0.416. The van der Waals surface area contributed by atoms with Gasteiger partial charge < -0.3 is 14.8 Å². The van der Waals surface area contributed by atoms with Crippen molar-refractivity contribution in [1.29, 1.82) is 0 Å². The van der Waals surface area contributed by atoms with E-state index in [1.807, 2.05) is 18.5 Å². The van der Waals surface area contributed by atoms with Gasteiger partial charge in [0.05, 0.1) is 18.5 Å². The van der Waals surface area contributed by atoms with Gasteiger partial charge in [0.25, 0.3) is 0 Å². The van der Waals surface area contributed by atoms with Crippen LogP contribution in [0, 0.1) is 16.9 Å². The number of pyridine rings is 1. The molecule has 4 rings (SSSR count). The summed E-state index contributed by atoms with van der Waals surface area (Å²) in [5.41, 5.74) is 2.55. The van der Waals surface area contributed by atoms with Crippen molar-refractivity contribution in [3.63, 3.8) is 0 Å². The maximum absolute atomic E-state index is 14.4. The molecule has 2 aromatic heterocycles. The van der Waals surface area contributed by atoms with Crippen molar-refractivity contribution in [2.24, 2.45) is 5.92 Å². The summed E-state index contributed by atoms with van der Waals surface area (Å²) in [6, 6.07) is 8.20. The number of aryl methyl sites for hydroxylation is 1. The number of ether oxygens (including phenoxy) is 1. The first-order valence-corrected chi connectivity index (χ1v) is 11.2. The largest absolute Gasteiger partial charge is 0.624 e. The standard InChI is InChI=1S/C25H28FN5O2/c1-3-18-13-28-25(29-14-18)31-10-8-19(9-11-31)17-33-21-5-7-24(27-15-21)22-6-4-20(12-23(22)26)16-30(2)32/h4-7,12-16,19H,3,8-11,17H2,1-2H3/b30-16-. The molecule has 0 spiro atoms. The predicted molar refractivity (Wildman–Crippen MR) is 126 cm³/mol. The zero-order chi connectivity index (χ0) is 23.2. The van der Waals surface area contributed by atoms with Gasteiger partial charge in [0, 0.05) is 36.6 Å². The smallest absolute Gasteiger partial charge is 0.225 e. The second-order valence-corrected chi connectivity index (χ2v) is 8.28. The Bertz CT molecular complexity index is 1090. The molecule has 33 heavy (non-hydrogen) atoms. The third-order valence-corrected chi connectivity index (χ3v) is 5.82. The number of nitrogens with zero attached hydrogens (tertiary/aromatic N) is 5. The number of hydrogen-bond donors (Lipinski definition) is 0. The number of hydrogen-bond acceptors (Lipinski definition) is 6. The zero-order valence-corrected chi connectivity index (χ0v) is 18.9. The lowest BCUT2D eigenvalue weighted by Gasteiger charge is -2.31. The van der Waals surface area contributed by atoms with Crippen LogP contribution in [0.4, 0.5) is 10.3 Å². The van der Waals surface area contributed by atoms with Crippen LogP contribution in [0.1, 0.15) is 30.9 Å². The van der Waals surface area contributed by atoms with Crippen molar-refractivity contribution in [2.45, 2.75) is 26.2 Å². The summed E-state index contributed by atoms with van der Waals surface area (Å²) in [4.78, 5) is 15.5. The van der Waals surface area contributed by atoms with E-state index in [1.54, 1.807) is 24.4 Å². The van der Waals surface area contributed by atoms with Crippen LogP contribution in [0.15, 0.2) is 48.9 Å². The average Bonchev–Trinajstić information content (AvgIpc) is 2.83. The van der Waals surface area contributed by atoms with Gasteiger partial charge in [-0.05, 0) is 61.1 Å². The third-order valence-electron chi connectivity index (χ3n) is 5.82. The van der Waals surface area contributed by atoms with Crippen LogP contribution in [0.3, 0.4) is 0 Å². The van der Waals surface area contributed by atoms with Gasteiger partial charge >= 0.3 is 0 Å². The van der Waals surface area contributed by atoms with E-state index in [0.717, 1.165) is 43.9 Å². The molecular weight excluding hydrogens is 421 g/mol. The Kier molecular flexibility index (Phi) is 7.12. The van der Waals surface area contributed by atoms with Crippen LogP contribution in [-0.2, 0) is 6.42 Å². The van der Waals surface area contributed by atoms with Gasteiger partial charge in [0.2, 0.25) is 5.95 Å². The molecule has 0 bridgehead atoms. The lowest BCUT2D eigenvalue weighted by Crippen LogP contribution is -2.36. The molecule has 1 aromatic carbocycles. The Morgan fingerprint density at radius 1 is 1.12 bits per heavy atom. The lowest BCUT2D eigenvalue weighted by atomic mass is 9.98. The summed E-state index contributed by atoms with van der Waals surface area (Å²) >= 11 is 0. The van der Waals surface area contributed by atoms with Gasteiger partial charge in [0.1, 0.15) is 18.6 Å². The summed E-state index contributed by atoms with van der Waals surface area (Å²) in [5.74, 6) is 1.49. The summed E-state index contributed by atoms with van der Waals surface area (Å²) in [6.45, 7) is 4.53. The van der Waals surface area contributed by atoms with E-state index in [1.165, 1.54) is 19.3 Å². The normalized spacial score (nSPS) is 15.0. The SMILES string of the molecule is CCc1cnc(N2CCC(COc3ccc(-c4ccc(/C=[N+](/C)[O-])cc4F)nc3)CC2)nc1. The van der Waals surface area contributed by atoms with E-state index in [4.69, 9.17) is 4.74 Å². The Morgan fingerprint density at radius 2 is 1.88 bits per heavy atom. The molecule has 1 aliphatic rings. The molecule has 8 heteroatoms. The Balaban J connectivity index is 1.29. The quantitative estimate of drug-likeness (QED) is 0.234.